The molecule has 2 aromatic rings. The highest BCUT2D eigenvalue weighted by molar-refractivity contribution is 5.98. The molecule has 0 spiro atoms. The number of pyridine rings is 2. The zero-order chi connectivity index (χ0) is 19.5. The molecule has 2 aromatic heterocycles. The van der Waals surface area contributed by atoms with Gasteiger partial charge in [-0.3, -0.25) is 14.6 Å². The van der Waals surface area contributed by atoms with Gasteiger partial charge in [-0.1, -0.05) is 12.5 Å². The monoisotopic (exact) mass is 381 g/mol. The van der Waals surface area contributed by atoms with Crippen molar-refractivity contribution in [2.75, 3.05) is 13.7 Å². The van der Waals surface area contributed by atoms with Crippen LogP contribution in [-0.2, 0) is 13.0 Å². The molecule has 6 heteroatoms. The molecule has 4 rings (SSSR count). The van der Waals surface area contributed by atoms with Crippen LogP contribution in [0.5, 0.6) is 5.75 Å². The van der Waals surface area contributed by atoms with Crippen LogP contribution in [0, 0.1) is 0 Å². The molecular weight excluding hydrogens is 354 g/mol. The van der Waals surface area contributed by atoms with E-state index in [4.69, 9.17) is 4.74 Å². The maximum Gasteiger partial charge on any atom is 0.259 e. The Labute approximate surface area is 165 Å². The summed E-state index contributed by atoms with van der Waals surface area (Å²) in [5, 5.41) is 0. The number of likely N-dealkylation sites (tertiary alicyclic amines) is 1. The molecule has 1 amide bonds. The summed E-state index contributed by atoms with van der Waals surface area (Å²) in [4.78, 5) is 32.6. The van der Waals surface area contributed by atoms with Gasteiger partial charge in [-0.15, -0.1) is 0 Å². The molecule has 4 heterocycles. The summed E-state index contributed by atoms with van der Waals surface area (Å²) < 4.78 is 7.30. The molecule has 0 bridgehead atoms. The lowest BCUT2D eigenvalue weighted by molar-refractivity contribution is 0.0605. The number of hydrogen-bond donors (Lipinski definition) is 0. The van der Waals surface area contributed by atoms with Crippen LogP contribution >= 0.6 is 0 Å². The molecule has 28 heavy (non-hydrogen) atoms. The lowest BCUT2D eigenvalue weighted by Crippen LogP contribution is -2.40. The summed E-state index contributed by atoms with van der Waals surface area (Å²) in [5.41, 5.74) is 2.39. The van der Waals surface area contributed by atoms with Gasteiger partial charge in [0, 0.05) is 37.2 Å². The number of carbonyl (C=O) groups excluding carboxylic acids is 1. The minimum absolute atomic E-state index is 0.0120. The molecule has 6 nitrogen and oxygen atoms in total. The third kappa shape index (κ3) is 3.43. The second-order valence-electron chi connectivity index (χ2n) is 7.63. The lowest BCUT2D eigenvalue weighted by Gasteiger charge is -2.36. The number of amides is 1. The average molecular weight is 381 g/mol. The van der Waals surface area contributed by atoms with Crippen LogP contribution in [-0.4, -0.2) is 34.0 Å². The van der Waals surface area contributed by atoms with Crippen molar-refractivity contribution in [2.45, 2.75) is 57.5 Å². The number of hydrogen-bond acceptors (Lipinski definition) is 4. The summed E-state index contributed by atoms with van der Waals surface area (Å²) in [6, 6.07) is 5.45. The normalized spacial score (nSPS) is 19.6. The molecule has 1 saturated heterocycles. The molecule has 1 atom stereocenters. The number of nitrogens with zero attached hydrogens (tertiary/aromatic N) is 3. The smallest absolute Gasteiger partial charge is 0.259 e. The van der Waals surface area contributed by atoms with Gasteiger partial charge in [0.1, 0.15) is 11.3 Å². The first-order valence-electron chi connectivity index (χ1n) is 10.2. The predicted octanol–water partition coefficient (Wildman–Crippen LogP) is 3.35. The third-order valence-electron chi connectivity index (χ3n) is 5.94. The van der Waals surface area contributed by atoms with E-state index < -0.39 is 0 Å². The molecule has 2 aliphatic rings. The van der Waals surface area contributed by atoms with Gasteiger partial charge in [-0.05, 0) is 50.2 Å². The highest BCUT2D eigenvalue weighted by atomic mass is 16.5. The SMILES string of the molecule is COc1cc(=O)n2c(c1C(=O)N1CCCCC1c1cccnc1)CCCCC2. The van der Waals surface area contributed by atoms with Crippen molar-refractivity contribution >= 4 is 5.91 Å². The van der Waals surface area contributed by atoms with Gasteiger partial charge in [0.15, 0.2) is 0 Å². The van der Waals surface area contributed by atoms with Crippen molar-refractivity contribution in [3.63, 3.8) is 0 Å². The van der Waals surface area contributed by atoms with E-state index >= 15 is 0 Å². The van der Waals surface area contributed by atoms with E-state index in [9.17, 15) is 9.59 Å². The van der Waals surface area contributed by atoms with Crippen molar-refractivity contribution in [2.24, 2.45) is 0 Å². The largest absolute Gasteiger partial charge is 0.496 e. The molecule has 2 aliphatic heterocycles. The van der Waals surface area contributed by atoms with E-state index in [-0.39, 0.29) is 17.5 Å². The van der Waals surface area contributed by atoms with Crippen molar-refractivity contribution in [3.8, 4) is 5.75 Å². The van der Waals surface area contributed by atoms with Crippen LogP contribution in [0.2, 0.25) is 0 Å². The van der Waals surface area contributed by atoms with Gasteiger partial charge in [0.2, 0.25) is 0 Å². The molecule has 0 radical (unpaired) electrons. The zero-order valence-electron chi connectivity index (χ0n) is 16.4. The highest BCUT2D eigenvalue weighted by Gasteiger charge is 2.33. The van der Waals surface area contributed by atoms with Gasteiger partial charge in [0.25, 0.3) is 11.5 Å². The quantitative estimate of drug-likeness (QED) is 0.818. The Morgan fingerprint density at radius 2 is 2.04 bits per heavy atom. The van der Waals surface area contributed by atoms with E-state index in [1.165, 1.54) is 13.2 Å². The second kappa shape index (κ2) is 8.17. The standard InChI is InChI=1S/C22H27N3O3/c1-28-19-14-20(26)24-12-5-2-3-10-18(24)21(19)22(27)25-13-6-4-9-17(25)16-8-7-11-23-15-16/h7-8,11,14-15,17H,2-6,9-10,12-13H2,1H3. The van der Waals surface area contributed by atoms with Gasteiger partial charge < -0.3 is 14.2 Å². The van der Waals surface area contributed by atoms with E-state index in [2.05, 4.69) is 4.98 Å². The van der Waals surface area contributed by atoms with Crippen LogP contribution in [0.1, 0.15) is 66.2 Å². The molecule has 0 saturated carbocycles. The molecule has 0 N–H and O–H groups in total. The molecule has 0 aromatic carbocycles. The minimum Gasteiger partial charge on any atom is -0.496 e. The van der Waals surface area contributed by atoms with Crippen LogP contribution in [0.25, 0.3) is 0 Å². The number of aromatic nitrogens is 2. The van der Waals surface area contributed by atoms with Gasteiger partial charge in [-0.2, -0.15) is 0 Å². The van der Waals surface area contributed by atoms with Crippen LogP contribution in [0.3, 0.4) is 0 Å². The Kier molecular flexibility index (Phi) is 5.46. The van der Waals surface area contributed by atoms with E-state index in [1.807, 2.05) is 23.2 Å². The topological polar surface area (TPSA) is 64.4 Å². The Morgan fingerprint density at radius 1 is 1.18 bits per heavy atom. The van der Waals surface area contributed by atoms with Crippen LogP contribution in [0.15, 0.2) is 35.4 Å². The van der Waals surface area contributed by atoms with Crippen molar-refractivity contribution < 1.29 is 9.53 Å². The molecular formula is C22H27N3O3. The Hall–Kier alpha value is -2.63. The molecule has 148 valence electrons. The maximum atomic E-state index is 13.8. The summed E-state index contributed by atoms with van der Waals surface area (Å²) in [7, 11) is 1.54. The summed E-state index contributed by atoms with van der Waals surface area (Å²) in [6.45, 7) is 1.38. The van der Waals surface area contributed by atoms with Gasteiger partial charge in [-0.25, -0.2) is 0 Å². The summed E-state index contributed by atoms with van der Waals surface area (Å²) >= 11 is 0. The van der Waals surface area contributed by atoms with Crippen LogP contribution < -0.4 is 10.3 Å². The first-order valence-corrected chi connectivity index (χ1v) is 10.2. The minimum atomic E-state index is -0.0762. The first kappa shape index (κ1) is 18.7. The van der Waals surface area contributed by atoms with Crippen molar-refractivity contribution in [1.82, 2.24) is 14.5 Å². The summed E-state index contributed by atoms with van der Waals surface area (Å²) in [5.74, 6) is 0.370. The number of rotatable bonds is 3. The third-order valence-corrected chi connectivity index (χ3v) is 5.94. The number of ether oxygens (including phenoxy) is 1. The van der Waals surface area contributed by atoms with Gasteiger partial charge >= 0.3 is 0 Å². The number of piperidine rings is 1. The fourth-order valence-corrected chi connectivity index (χ4v) is 4.54. The Morgan fingerprint density at radius 3 is 2.82 bits per heavy atom. The Balaban J connectivity index is 1.79. The highest BCUT2D eigenvalue weighted by Crippen LogP contribution is 2.34. The number of carbonyl (C=O) groups is 1. The zero-order valence-corrected chi connectivity index (χ0v) is 16.4. The molecule has 1 unspecified atom stereocenters. The van der Waals surface area contributed by atoms with Crippen LogP contribution in [0.4, 0.5) is 0 Å². The number of methoxy groups -OCH3 is 1. The second-order valence-corrected chi connectivity index (χ2v) is 7.63. The fourth-order valence-electron chi connectivity index (χ4n) is 4.54. The van der Waals surface area contributed by atoms with E-state index in [0.29, 0.717) is 24.4 Å². The number of fused-ring (bicyclic) bond motifs is 1. The average Bonchev–Trinajstić information content (AvgIpc) is 3.00. The molecule has 1 fully saturated rings. The fraction of sp³-hybridized carbons (Fsp3) is 0.500. The lowest BCUT2D eigenvalue weighted by atomic mass is 9.94. The van der Waals surface area contributed by atoms with E-state index in [1.54, 1.807) is 10.8 Å². The Bertz CT molecular complexity index is 907. The maximum absolute atomic E-state index is 13.8. The first-order chi connectivity index (χ1) is 13.7. The van der Waals surface area contributed by atoms with Crippen molar-refractivity contribution in [1.29, 1.82) is 0 Å². The summed E-state index contributed by atoms with van der Waals surface area (Å²) in [6.07, 6.45) is 10.4. The van der Waals surface area contributed by atoms with Crippen molar-refractivity contribution in [3.05, 3.63) is 57.8 Å². The van der Waals surface area contributed by atoms with Gasteiger partial charge in [0.05, 0.1) is 13.2 Å². The van der Waals surface area contributed by atoms with E-state index in [0.717, 1.165) is 56.2 Å². The predicted molar refractivity (Wildman–Crippen MR) is 107 cm³/mol. The molecule has 0 aliphatic carbocycles.